The number of para-hydroxylation sites is 1. The van der Waals surface area contributed by atoms with Crippen LogP contribution in [0.2, 0.25) is 0 Å². The summed E-state index contributed by atoms with van der Waals surface area (Å²) in [5, 5.41) is 0. The Morgan fingerprint density at radius 2 is 1.71 bits per heavy atom. The first-order valence-electron chi connectivity index (χ1n) is 4.56. The lowest BCUT2D eigenvalue weighted by atomic mass is 10.1. The third-order valence-electron chi connectivity index (χ3n) is 1.90. The summed E-state index contributed by atoms with van der Waals surface area (Å²) in [4.78, 5) is 4.29. The first kappa shape index (κ1) is 11.2. The fourth-order valence-electron chi connectivity index (χ4n) is 1.21. The summed E-state index contributed by atoms with van der Waals surface area (Å²) in [6.45, 7) is 7.44. The number of rotatable bonds is 2. The van der Waals surface area contributed by atoms with Gasteiger partial charge in [0.05, 0.1) is 11.6 Å². The van der Waals surface area contributed by atoms with Crippen LogP contribution >= 0.6 is 7.14 Å². The number of benzene rings is 1. The quantitative estimate of drug-likeness (QED) is 0.540. The smallest absolute Gasteiger partial charge is 0.120 e. The minimum atomic E-state index is -2.16. The van der Waals surface area contributed by atoms with Gasteiger partial charge in [0.25, 0.3) is 0 Å². The van der Waals surface area contributed by atoms with Gasteiger partial charge in [-0.15, -0.1) is 0 Å². The van der Waals surface area contributed by atoms with Crippen molar-refractivity contribution < 1.29 is 4.57 Å². The molecule has 1 aromatic rings. The molecule has 1 aromatic carbocycles. The second kappa shape index (κ2) is 4.10. The van der Waals surface area contributed by atoms with E-state index in [-0.39, 0.29) is 0 Å². The maximum atomic E-state index is 11.5. The lowest BCUT2D eigenvalue weighted by molar-refractivity contribution is 0.590. The Balaban J connectivity index is 3.09. The van der Waals surface area contributed by atoms with Crippen LogP contribution in [0.15, 0.2) is 23.2 Å². The molecule has 0 aliphatic carbocycles. The van der Waals surface area contributed by atoms with Gasteiger partial charge in [0.2, 0.25) is 0 Å². The average molecular weight is 209 g/mol. The fourth-order valence-corrected chi connectivity index (χ4v) is 1.60. The van der Waals surface area contributed by atoms with Crippen LogP contribution < -0.4 is 0 Å². The SMILES string of the molecule is Cc1cccc(C)c1N=CP(C)(C)=O. The van der Waals surface area contributed by atoms with E-state index < -0.39 is 7.14 Å². The minimum Gasteiger partial charge on any atom is -0.318 e. The van der Waals surface area contributed by atoms with Crippen molar-refractivity contribution in [2.75, 3.05) is 13.3 Å². The Bertz CT molecular complexity index is 383. The number of aryl methyl sites for hydroxylation is 2. The van der Waals surface area contributed by atoms with Gasteiger partial charge in [0.1, 0.15) is 7.14 Å². The van der Waals surface area contributed by atoms with Crippen LogP contribution in [0.5, 0.6) is 0 Å². The van der Waals surface area contributed by atoms with E-state index in [1.54, 1.807) is 19.3 Å². The van der Waals surface area contributed by atoms with Gasteiger partial charge >= 0.3 is 0 Å². The van der Waals surface area contributed by atoms with Gasteiger partial charge in [-0.2, -0.15) is 0 Å². The summed E-state index contributed by atoms with van der Waals surface area (Å²) in [5.74, 6) is 1.57. The van der Waals surface area contributed by atoms with E-state index >= 15 is 0 Å². The van der Waals surface area contributed by atoms with Gasteiger partial charge in [-0.1, -0.05) is 18.2 Å². The molecule has 0 spiro atoms. The summed E-state index contributed by atoms with van der Waals surface area (Å²) >= 11 is 0. The second-order valence-corrected chi connectivity index (χ2v) is 7.02. The van der Waals surface area contributed by atoms with E-state index in [0.29, 0.717) is 0 Å². The van der Waals surface area contributed by atoms with Crippen molar-refractivity contribution in [3.05, 3.63) is 29.3 Å². The molecule has 0 heterocycles. The zero-order valence-electron chi connectivity index (χ0n) is 9.11. The molecule has 0 saturated heterocycles. The molecule has 0 aromatic heterocycles. The van der Waals surface area contributed by atoms with Crippen LogP contribution in [0.1, 0.15) is 11.1 Å². The third-order valence-corrected chi connectivity index (χ3v) is 2.58. The molecule has 0 unspecified atom stereocenters. The van der Waals surface area contributed by atoms with Crippen LogP contribution in [0.25, 0.3) is 0 Å². The van der Waals surface area contributed by atoms with Crippen molar-refractivity contribution in [2.45, 2.75) is 13.8 Å². The highest BCUT2D eigenvalue weighted by molar-refractivity contribution is 7.77. The third kappa shape index (κ3) is 3.12. The molecule has 0 amide bonds. The lowest BCUT2D eigenvalue weighted by Crippen LogP contribution is -1.81. The van der Waals surface area contributed by atoms with Crippen LogP contribution in [0.4, 0.5) is 5.69 Å². The van der Waals surface area contributed by atoms with Crippen LogP contribution in [0.3, 0.4) is 0 Å². The topological polar surface area (TPSA) is 29.4 Å². The van der Waals surface area contributed by atoms with E-state index in [0.717, 1.165) is 16.8 Å². The lowest BCUT2D eigenvalue weighted by Gasteiger charge is -2.04. The van der Waals surface area contributed by atoms with Crippen LogP contribution in [-0.4, -0.2) is 19.3 Å². The molecule has 0 aliphatic rings. The van der Waals surface area contributed by atoms with Crippen LogP contribution in [0, 0.1) is 13.8 Å². The number of aliphatic imine (C=N–C) groups is 1. The van der Waals surface area contributed by atoms with Crippen molar-refractivity contribution in [1.29, 1.82) is 0 Å². The van der Waals surface area contributed by atoms with Crippen molar-refractivity contribution >= 4 is 18.8 Å². The number of hydrogen-bond donors (Lipinski definition) is 0. The van der Waals surface area contributed by atoms with Gasteiger partial charge in [-0.05, 0) is 38.3 Å². The van der Waals surface area contributed by atoms with Gasteiger partial charge in [0, 0.05) is 0 Å². The summed E-state index contributed by atoms with van der Waals surface area (Å²) in [7, 11) is -2.16. The number of hydrogen-bond acceptors (Lipinski definition) is 2. The largest absolute Gasteiger partial charge is 0.318 e. The highest BCUT2D eigenvalue weighted by atomic mass is 31.2. The zero-order valence-corrected chi connectivity index (χ0v) is 10.0. The Morgan fingerprint density at radius 1 is 1.21 bits per heavy atom. The van der Waals surface area contributed by atoms with Crippen molar-refractivity contribution in [1.82, 2.24) is 0 Å². The Kier molecular flexibility index (Phi) is 3.28. The molecule has 0 fully saturated rings. The van der Waals surface area contributed by atoms with E-state index in [2.05, 4.69) is 4.99 Å². The highest BCUT2D eigenvalue weighted by Gasteiger charge is 2.03. The highest BCUT2D eigenvalue weighted by Crippen LogP contribution is 2.34. The standard InChI is InChI=1S/C11H16NOP/c1-9-6-5-7-10(2)11(9)12-8-14(3,4)13/h5-8H,1-4H3. The molecular weight excluding hydrogens is 193 g/mol. The first-order valence-corrected chi connectivity index (χ1v) is 7.23. The van der Waals surface area contributed by atoms with Gasteiger partial charge in [0.15, 0.2) is 0 Å². The summed E-state index contributed by atoms with van der Waals surface area (Å²) in [6.07, 6.45) is 0. The molecule has 0 saturated carbocycles. The molecule has 3 heteroatoms. The number of nitrogens with zero attached hydrogens (tertiary/aromatic N) is 1. The maximum absolute atomic E-state index is 11.5. The normalized spacial score (nSPS) is 12.3. The van der Waals surface area contributed by atoms with Crippen molar-refractivity contribution in [2.24, 2.45) is 4.99 Å². The van der Waals surface area contributed by atoms with Gasteiger partial charge in [-0.25, -0.2) is 0 Å². The molecule has 14 heavy (non-hydrogen) atoms. The second-order valence-electron chi connectivity index (χ2n) is 3.92. The Labute approximate surface area is 85.4 Å². The maximum Gasteiger partial charge on any atom is 0.120 e. The van der Waals surface area contributed by atoms with E-state index in [1.807, 2.05) is 32.0 Å². The van der Waals surface area contributed by atoms with E-state index in [1.165, 1.54) is 0 Å². The molecular formula is C11H16NOP. The van der Waals surface area contributed by atoms with Crippen molar-refractivity contribution in [3.63, 3.8) is 0 Å². The van der Waals surface area contributed by atoms with Crippen LogP contribution in [-0.2, 0) is 4.57 Å². The summed E-state index contributed by atoms with van der Waals surface area (Å²) in [5.41, 5.74) is 3.18. The zero-order chi connectivity index (χ0) is 10.8. The first-order chi connectivity index (χ1) is 6.40. The molecule has 0 bridgehead atoms. The molecule has 0 radical (unpaired) electrons. The van der Waals surface area contributed by atoms with E-state index in [4.69, 9.17) is 0 Å². The predicted octanol–water partition coefficient (Wildman–Crippen LogP) is 3.59. The average Bonchev–Trinajstić information content (AvgIpc) is 2.01. The minimum absolute atomic E-state index is 0.941. The Hall–Kier alpha value is -0.880. The molecule has 76 valence electrons. The molecule has 0 atom stereocenters. The van der Waals surface area contributed by atoms with Crippen molar-refractivity contribution in [3.8, 4) is 0 Å². The van der Waals surface area contributed by atoms with Gasteiger partial charge < -0.3 is 4.57 Å². The molecule has 0 aliphatic heterocycles. The molecule has 0 N–H and O–H groups in total. The van der Waals surface area contributed by atoms with Gasteiger partial charge in [-0.3, -0.25) is 4.99 Å². The fraction of sp³-hybridized carbons (Fsp3) is 0.364. The molecule has 1 rings (SSSR count). The molecule has 2 nitrogen and oxygen atoms in total. The van der Waals surface area contributed by atoms with E-state index in [9.17, 15) is 4.57 Å². The monoisotopic (exact) mass is 209 g/mol. The predicted molar refractivity (Wildman–Crippen MR) is 63.5 cm³/mol. The summed E-state index contributed by atoms with van der Waals surface area (Å²) in [6, 6.07) is 6.02. The Morgan fingerprint density at radius 3 is 2.14 bits per heavy atom. The summed E-state index contributed by atoms with van der Waals surface area (Å²) < 4.78 is 11.5.